The van der Waals surface area contributed by atoms with Crippen molar-refractivity contribution in [3.8, 4) is 5.75 Å². The maximum absolute atomic E-state index is 13.2. The predicted molar refractivity (Wildman–Crippen MR) is 123 cm³/mol. The second-order valence-corrected chi connectivity index (χ2v) is 10.0. The second kappa shape index (κ2) is 9.30. The Labute approximate surface area is 214 Å². The van der Waals surface area contributed by atoms with Gasteiger partial charge >= 0.3 is 18.1 Å². The summed E-state index contributed by atoms with van der Waals surface area (Å²) in [4.78, 5) is 19.6. The van der Waals surface area contributed by atoms with Crippen LogP contribution < -0.4 is 9.64 Å². The molecule has 0 saturated carbocycles. The van der Waals surface area contributed by atoms with E-state index in [1.807, 2.05) is 18.2 Å². The van der Waals surface area contributed by atoms with Gasteiger partial charge in [0.2, 0.25) is 5.91 Å². The highest BCUT2D eigenvalue weighted by atomic mass is 19.4. The molecule has 3 aliphatic rings. The van der Waals surface area contributed by atoms with Crippen LogP contribution in [0.3, 0.4) is 0 Å². The van der Waals surface area contributed by atoms with Gasteiger partial charge in [-0.3, -0.25) is 19.6 Å². The molecule has 0 radical (unpaired) electrons. The Morgan fingerprint density at radius 1 is 0.947 bits per heavy atom. The fourth-order valence-corrected chi connectivity index (χ4v) is 5.43. The lowest BCUT2D eigenvalue weighted by Gasteiger charge is -2.45. The molecule has 13 heteroatoms. The van der Waals surface area contributed by atoms with Crippen LogP contribution in [0.2, 0.25) is 0 Å². The quantitative estimate of drug-likeness (QED) is 0.595. The fraction of sp³-hybridized carbons (Fsp3) is 0.520. The van der Waals surface area contributed by atoms with Crippen LogP contribution in [0.15, 0.2) is 42.7 Å². The maximum Gasteiger partial charge on any atom is 0.446 e. The summed E-state index contributed by atoms with van der Waals surface area (Å²) >= 11 is 0. The number of alkyl halides is 6. The van der Waals surface area contributed by atoms with Gasteiger partial charge in [-0.2, -0.15) is 26.3 Å². The van der Waals surface area contributed by atoms with E-state index >= 15 is 0 Å². The van der Waals surface area contributed by atoms with E-state index in [4.69, 9.17) is 4.74 Å². The molecular weight excluding hydrogens is 518 g/mol. The molecule has 2 aromatic rings. The molecule has 4 heterocycles. The van der Waals surface area contributed by atoms with Crippen molar-refractivity contribution in [2.45, 2.75) is 49.5 Å². The van der Waals surface area contributed by atoms with Gasteiger partial charge in [0.25, 0.3) is 0 Å². The molecule has 2 saturated heterocycles. The number of anilines is 1. The number of piperidine rings is 1. The molecule has 0 bridgehead atoms. The van der Waals surface area contributed by atoms with E-state index in [-0.39, 0.29) is 12.1 Å². The van der Waals surface area contributed by atoms with Crippen LogP contribution in [0.25, 0.3) is 0 Å². The van der Waals surface area contributed by atoms with E-state index in [9.17, 15) is 36.2 Å². The summed E-state index contributed by atoms with van der Waals surface area (Å²) in [5.41, 5.74) is -2.79. The van der Waals surface area contributed by atoms with E-state index in [0.29, 0.717) is 12.2 Å². The summed E-state index contributed by atoms with van der Waals surface area (Å²) in [6.45, 7) is 0.378. The number of amides is 1. The van der Waals surface area contributed by atoms with Gasteiger partial charge in [-0.05, 0) is 23.8 Å². The number of pyridine rings is 1. The van der Waals surface area contributed by atoms with Crippen molar-refractivity contribution < 1.29 is 41.0 Å². The lowest BCUT2D eigenvalue weighted by molar-refractivity contribution is -0.409. The zero-order valence-electron chi connectivity index (χ0n) is 20.2. The summed E-state index contributed by atoms with van der Waals surface area (Å²) in [7, 11) is 0. The minimum absolute atomic E-state index is 0.204. The van der Waals surface area contributed by atoms with Gasteiger partial charge in [0.1, 0.15) is 11.4 Å². The Hall–Kier alpha value is -3.06. The Kier molecular flexibility index (Phi) is 6.49. The maximum atomic E-state index is 13.2. The number of aliphatic hydroxyl groups is 1. The molecule has 7 nitrogen and oxygen atoms in total. The first kappa shape index (κ1) is 26.5. The van der Waals surface area contributed by atoms with Gasteiger partial charge in [0, 0.05) is 69.4 Å². The normalized spacial score (nSPS) is 20.6. The zero-order chi connectivity index (χ0) is 27.3. The highest BCUT2D eigenvalue weighted by molar-refractivity contribution is 5.83. The van der Waals surface area contributed by atoms with Gasteiger partial charge < -0.3 is 14.7 Å². The molecule has 1 amide bonds. The topological polar surface area (TPSA) is 69.1 Å². The van der Waals surface area contributed by atoms with E-state index in [1.165, 1.54) is 10.5 Å². The molecule has 206 valence electrons. The fourth-order valence-electron chi connectivity index (χ4n) is 5.43. The van der Waals surface area contributed by atoms with Crippen LogP contribution in [0.5, 0.6) is 5.75 Å². The number of benzene rings is 1. The van der Waals surface area contributed by atoms with Crippen LogP contribution in [-0.2, 0) is 17.8 Å². The van der Waals surface area contributed by atoms with Gasteiger partial charge in [0.15, 0.2) is 0 Å². The predicted octanol–water partition coefficient (Wildman–Crippen LogP) is 3.51. The number of fused-ring (bicyclic) bond motifs is 1. The minimum atomic E-state index is -6.09. The first-order valence-corrected chi connectivity index (χ1v) is 12.2. The average Bonchev–Trinajstić information content (AvgIpc) is 3.22. The van der Waals surface area contributed by atoms with Gasteiger partial charge in [-0.25, -0.2) is 0 Å². The van der Waals surface area contributed by atoms with Gasteiger partial charge in [-0.1, -0.05) is 12.1 Å². The number of ether oxygens (including phenoxy) is 1. The number of carbonyl (C=O) groups excluding carboxylic acids is 1. The van der Waals surface area contributed by atoms with Crippen LogP contribution in [0.4, 0.5) is 32.0 Å². The molecule has 5 rings (SSSR count). The summed E-state index contributed by atoms with van der Waals surface area (Å²) in [5.74, 6) is -0.621. The number of nitrogens with zero attached hydrogens (tertiary/aromatic N) is 4. The summed E-state index contributed by atoms with van der Waals surface area (Å²) in [6, 6.07) is 9.01. The van der Waals surface area contributed by atoms with E-state index in [2.05, 4.69) is 9.88 Å². The molecule has 38 heavy (non-hydrogen) atoms. The number of hydrogen-bond donors (Lipinski definition) is 1. The number of piperazine rings is 1. The first-order valence-electron chi connectivity index (χ1n) is 12.2. The lowest BCUT2D eigenvalue weighted by Crippen LogP contribution is -2.72. The Morgan fingerprint density at radius 2 is 1.61 bits per heavy atom. The Morgan fingerprint density at radius 3 is 2.18 bits per heavy atom. The Bertz CT molecular complexity index is 1140. The van der Waals surface area contributed by atoms with Crippen LogP contribution in [0, 0.1) is 0 Å². The van der Waals surface area contributed by atoms with Crippen LogP contribution >= 0.6 is 0 Å². The highest BCUT2D eigenvalue weighted by Gasteiger charge is 2.75. The molecule has 2 fully saturated rings. The number of hydrogen-bond acceptors (Lipinski definition) is 6. The van der Waals surface area contributed by atoms with E-state index < -0.39 is 42.0 Å². The van der Waals surface area contributed by atoms with Crippen molar-refractivity contribution >= 4 is 11.6 Å². The molecule has 1 aromatic heterocycles. The molecule has 0 unspecified atom stereocenters. The lowest BCUT2D eigenvalue weighted by atomic mass is 9.87. The second-order valence-electron chi connectivity index (χ2n) is 10.0. The third kappa shape index (κ3) is 4.66. The van der Waals surface area contributed by atoms with Gasteiger partial charge in [0.05, 0.1) is 12.7 Å². The van der Waals surface area contributed by atoms with Gasteiger partial charge in [-0.15, -0.1) is 0 Å². The van der Waals surface area contributed by atoms with Crippen molar-refractivity contribution in [2.24, 2.45) is 0 Å². The van der Waals surface area contributed by atoms with Crippen molar-refractivity contribution in [1.29, 1.82) is 0 Å². The average molecular weight is 544 g/mol. The minimum Gasteiger partial charge on any atom is -0.485 e. The molecule has 0 aliphatic carbocycles. The standard InChI is InChI=1S/C25H26F6N4O3/c26-24(27,28)23(37,25(29,30)31)35-12-11-34(16-21(35)36)19-3-1-17(2-4-19)15-33-9-6-22(7-10-33)13-18-5-8-32-14-20(18)38-22/h1-5,8,14,37H,6-7,9-13,15-16H2. The van der Waals surface area contributed by atoms with Crippen molar-refractivity contribution in [3.05, 3.63) is 53.9 Å². The van der Waals surface area contributed by atoms with Crippen molar-refractivity contribution in [1.82, 2.24) is 14.8 Å². The zero-order valence-corrected chi connectivity index (χ0v) is 20.2. The molecule has 0 atom stereocenters. The van der Waals surface area contributed by atoms with Crippen molar-refractivity contribution in [3.63, 3.8) is 0 Å². The molecular formula is C25H26F6N4O3. The first-order chi connectivity index (χ1) is 17.8. The molecule has 1 aromatic carbocycles. The molecule has 1 N–H and O–H groups in total. The number of carbonyl (C=O) groups is 1. The third-order valence-corrected chi connectivity index (χ3v) is 7.59. The highest BCUT2D eigenvalue weighted by Crippen LogP contribution is 2.46. The molecule has 1 spiro atoms. The van der Waals surface area contributed by atoms with E-state index in [1.54, 1.807) is 24.5 Å². The third-order valence-electron chi connectivity index (χ3n) is 7.59. The summed E-state index contributed by atoms with van der Waals surface area (Å²) < 4.78 is 85.3. The number of rotatable bonds is 4. The van der Waals surface area contributed by atoms with E-state index in [0.717, 1.165) is 43.7 Å². The van der Waals surface area contributed by atoms with Crippen molar-refractivity contribution in [2.75, 3.05) is 37.6 Å². The largest absolute Gasteiger partial charge is 0.485 e. The van der Waals surface area contributed by atoms with Crippen LogP contribution in [0.1, 0.15) is 24.0 Å². The monoisotopic (exact) mass is 544 g/mol. The SMILES string of the molecule is O=C1CN(c2ccc(CN3CCC4(CC3)Cc3ccncc3O4)cc2)CCN1C(O)(C(F)(F)F)C(F)(F)F. The summed E-state index contributed by atoms with van der Waals surface area (Å²) in [5, 5.41) is 9.56. The smallest absolute Gasteiger partial charge is 0.446 e. The Balaban J connectivity index is 1.17. The number of likely N-dealkylation sites (tertiary alicyclic amines) is 1. The molecule has 3 aliphatic heterocycles. The number of halogens is 6. The van der Waals surface area contributed by atoms with Crippen LogP contribution in [-0.4, -0.2) is 82.2 Å². The summed E-state index contributed by atoms with van der Waals surface area (Å²) in [6.07, 6.45) is -6.07. The number of aromatic nitrogens is 1.